The van der Waals surface area contributed by atoms with Crippen LogP contribution in [0.2, 0.25) is 0 Å². The molecule has 0 saturated carbocycles. The number of carbonyl (C=O) groups excluding carboxylic acids is 1. The second-order valence-electron chi connectivity index (χ2n) is 7.30. The number of hydrogen-bond acceptors (Lipinski definition) is 3. The van der Waals surface area contributed by atoms with Crippen LogP contribution in [0.1, 0.15) is 41.3 Å². The molecule has 1 aliphatic rings. The molecule has 6 heteroatoms. The van der Waals surface area contributed by atoms with Gasteiger partial charge in [0.15, 0.2) is 0 Å². The Kier molecular flexibility index (Phi) is 5.97. The highest BCUT2D eigenvalue weighted by atomic mass is 32.2. The lowest BCUT2D eigenvalue weighted by Gasteiger charge is -2.30. The molecule has 5 nitrogen and oxygen atoms in total. The van der Waals surface area contributed by atoms with Gasteiger partial charge in [-0.15, -0.1) is 0 Å². The third kappa shape index (κ3) is 4.76. The number of piperidine rings is 1. The summed E-state index contributed by atoms with van der Waals surface area (Å²) in [6, 6.07) is 14.2. The van der Waals surface area contributed by atoms with Gasteiger partial charge in [0.25, 0.3) is 5.91 Å². The Morgan fingerprint density at radius 1 is 1.11 bits per heavy atom. The fraction of sp³-hybridized carbons (Fsp3) is 0.381. The second-order valence-corrected chi connectivity index (χ2v) is 9.24. The van der Waals surface area contributed by atoms with E-state index in [0.29, 0.717) is 31.1 Å². The molecule has 144 valence electrons. The molecule has 27 heavy (non-hydrogen) atoms. The van der Waals surface area contributed by atoms with E-state index in [4.69, 9.17) is 0 Å². The van der Waals surface area contributed by atoms with E-state index in [-0.39, 0.29) is 10.8 Å². The second kappa shape index (κ2) is 8.23. The van der Waals surface area contributed by atoms with Gasteiger partial charge in [-0.25, -0.2) is 8.42 Å². The summed E-state index contributed by atoms with van der Waals surface area (Å²) in [5.41, 5.74) is 2.64. The van der Waals surface area contributed by atoms with Crippen LogP contribution in [0, 0.1) is 12.8 Å². The van der Waals surface area contributed by atoms with Crippen LogP contribution in [0.5, 0.6) is 0 Å². The van der Waals surface area contributed by atoms with Gasteiger partial charge in [0.05, 0.1) is 4.90 Å². The number of hydrogen-bond donors (Lipinski definition) is 1. The van der Waals surface area contributed by atoms with E-state index in [0.717, 1.165) is 18.4 Å². The van der Waals surface area contributed by atoms with Crippen molar-refractivity contribution in [3.63, 3.8) is 0 Å². The molecule has 0 radical (unpaired) electrons. The van der Waals surface area contributed by atoms with E-state index >= 15 is 0 Å². The van der Waals surface area contributed by atoms with Crippen LogP contribution in [0.4, 0.5) is 0 Å². The molecular weight excluding hydrogens is 360 g/mol. The molecule has 2 aromatic rings. The number of carbonyl (C=O) groups is 1. The maximum absolute atomic E-state index is 12.8. The molecule has 1 unspecified atom stereocenters. The molecule has 0 bridgehead atoms. The van der Waals surface area contributed by atoms with Crippen molar-refractivity contribution in [2.24, 2.45) is 5.92 Å². The standard InChI is InChI=1S/C21H26N2O3S/c1-16-5-7-18(8-6-16)14-22-21(24)19-9-11-20(12-10-19)27(25,26)23-13-3-4-17(2)15-23/h5-12,17H,3-4,13-15H2,1-2H3,(H,22,24). The summed E-state index contributed by atoms with van der Waals surface area (Å²) in [6.45, 7) is 5.64. The van der Waals surface area contributed by atoms with Crippen molar-refractivity contribution in [3.05, 3.63) is 65.2 Å². The fourth-order valence-electron chi connectivity index (χ4n) is 3.28. The molecule has 1 N–H and O–H groups in total. The third-order valence-electron chi connectivity index (χ3n) is 4.95. The average molecular weight is 387 g/mol. The molecule has 1 amide bonds. The quantitative estimate of drug-likeness (QED) is 0.857. The number of nitrogens with one attached hydrogen (secondary N) is 1. The molecule has 0 aliphatic carbocycles. The lowest BCUT2D eigenvalue weighted by Crippen LogP contribution is -2.39. The lowest BCUT2D eigenvalue weighted by molar-refractivity contribution is 0.0951. The van der Waals surface area contributed by atoms with Crippen LogP contribution < -0.4 is 5.32 Å². The molecule has 3 rings (SSSR count). The Morgan fingerprint density at radius 2 is 1.78 bits per heavy atom. The maximum Gasteiger partial charge on any atom is 0.251 e. The smallest absolute Gasteiger partial charge is 0.251 e. The van der Waals surface area contributed by atoms with Crippen molar-refractivity contribution >= 4 is 15.9 Å². The molecule has 1 saturated heterocycles. The minimum atomic E-state index is -3.50. The lowest BCUT2D eigenvalue weighted by atomic mass is 10.0. The number of nitrogens with zero attached hydrogens (tertiary/aromatic N) is 1. The molecule has 2 aromatic carbocycles. The molecular formula is C21H26N2O3S. The highest BCUT2D eigenvalue weighted by Crippen LogP contribution is 2.23. The zero-order valence-electron chi connectivity index (χ0n) is 15.8. The van der Waals surface area contributed by atoms with Crippen LogP contribution in [-0.4, -0.2) is 31.7 Å². The molecule has 0 aromatic heterocycles. The number of rotatable bonds is 5. The van der Waals surface area contributed by atoms with Crippen LogP contribution in [-0.2, 0) is 16.6 Å². The van der Waals surface area contributed by atoms with Gasteiger partial charge >= 0.3 is 0 Å². The minimum Gasteiger partial charge on any atom is -0.348 e. The van der Waals surface area contributed by atoms with Crippen molar-refractivity contribution < 1.29 is 13.2 Å². The van der Waals surface area contributed by atoms with E-state index in [9.17, 15) is 13.2 Å². The van der Waals surface area contributed by atoms with Crippen LogP contribution in [0.3, 0.4) is 0 Å². The SMILES string of the molecule is Cc1ccc(CNC(=O)c2ccc(S(=O)(=O)N3CCCC(C)C3)cc2)cc1. The first kappa shape index (κ1) is 19.6. The molecule has 1 fully saturated rings. The first-order chi connectivity index (χ1) is 12.9. The van der Waals surface area contributed by atoms with Crippen molar-refractivity contribution in [1.82, 2.24) is 9.62 Å². The third-order valence-corrected chi connectivity index (χ3v) is 6.83. The fourth-order valence-corrected chi connectivity index (χ4v) is 4.88. The number of sulfonamides is 1. The Bertz CT molecular complexity index is 890. The predicted octanol–water partition coefficient (Wildman–Crippen LogP) is 3.35. The summed E-state index contributed by atoms with van der Waals surface area (Å²) in [4.78, 5) is 12.6. The molecule has 1 aliphatic heterocycles. The molecule has 1 atom stereocenters. The first-order valence-corrected chi connectivity index (χ1v) is 10.7. The summed E-state index contributed by atoms with van der Waals surface area (Å²) in [7, 11) is -3.50. The van der Waals surface area contributed by atoms with Gasteiger partial charge in [0.2, 0.25) is 10.0 Å². The number of aryl methyl sites for hydroxylation is 1. The van der Waals surface area contributed by atoms with Gasteiger partial charge in [-0.05, 0) is 55.5 Å². The van der Waals surface area contributed by atoms with Crippen LogP contribution in [0.15, 0.2) is 53.4 Å². The minimum absolute atomic E-state index is 0.217. The van der Waals surface area contributed by atoms with E-state index in [1.54, 1.807) is 16.4 Å². The van der Waals surface area contributed by atoms with E-state index in [2.05, 4.69) is 12.2 Å². The number of amides is 1. The Balaban J connectivity index is 1.65. The highest BCUT2D eigenvalue weighted by molar-refractivity contribution is 7.89. The summed E-state index contributed by atoms with van der Waals surface area (Å²) in [5.74, 6) is 0.159. The van der Waals surface area contributed by atoms with Gasteiger partial charge in [-0.1, -0.05) is 36.8 Å². The van der Waals surface area contributed by atoms with Crippen molar-refractivity contribution in [1.29, 1.82) is 0 Å². The van der Waals surface area contributed by atoms with Crippen molar-refractivity contribution in [2.75, 3.05) is 13.1 Å². The van der Waals surface area contributed by atoms with Crippen LogP contribution in [0.25, 0.3) is 0 Å². The topological polar surface area (TPSA) is 66.5 Å². The summed E-state index contributed by atoms with van der Waals surface area (Å²) < 4.78 is 27.1. The summed E-state index contributed by atoms with van der Waals surface area (Å²) >= 11 is 0. The average Bonchev–Trinajstić information content (AvgIpc) is 2.67. The highest BCUT2D eigenvalue weighted by Gasteiger charge is 2.28. The zero-order valence-corrected chi connectivity index (χ0v) is 16.6. The van der Waals surface area contributed by atoms with Crippen molar-refractivity contribution in [3.8, 4) is 0 Å². The van der Waals surface area contributed by atoms with Crippen LogP contribution >= 0.6 is 0 Å². The van der Waals surface area contributed by atoms with Gasteiger partial charge in [-0.2, -0.15) is 4.31 Å². The largest absolute Gasteiger partial charge is 0.348 e. The monoisotopic (exact) mass is 386 g/mol. The van der Waals surface area contributed by atoms with E-state index < -0.39 is 10.0 Å². The Hall–Kier alpha value is -2.18. The molecule has 1 heterocycles. The Labute approximate surface area is 161 Å². The van der Waals surface area contributed by atoms with E-state index in [1.165, 1.54) is 17.7 Å². The number of benzene rings is 2. The zero-order chi connectivity index (χ0) is 19.4. The Morgan fingerprint density at radius 3 is 2.41 bits per heavy atom. The first-order valence-electron chi connectivity index (χ1n) is 9.30. The maximum atomic E-state index is 12.8. The van der Waals surface area contributed by atoms with E-state index in [1.807, 2.05) is 31.2 Å². The van der Waals surface area contributed by atoms with Gasteiger partial charge in [-0.3, -0.25) is 4.79 Å². The summed E-state index contributed by atoms with van der Waals surface area (Å²) in [5, 5.41) is 2.86. The predicted molar refractivity (Wildman–Crippen MR) is 106 cm³/mol. The van der Waals surface area contributed by atoms with Gasteiger partial charge in [0, 0.05) is 25.2 Å². The van der Waals surface area contributed by atoms with Gasteiger partial charge < -0.3 is 5.32 Å². The van der Waals surface area contributed by atoms with Crippen molar-refractivity contribution in [2.45, 2.75) is 38.1 Å². The molecule has 0 spiro atoms. The normalized spacial score (nSPS) is 18.2. The summed E-state index contributed by atoms with van der Waals surface area (Å²) in [6.07, 6.45) is 1.95. The van der Waals surface area contributed by atoms with Gasteiger partial charge in [0.1, 0.15) is 0 Å².